The van der Waals surface area contributed by atoms with Gasteiger partial charge in [0.15, 0.2) is 0 Å². The van der Waals surface area contributed by atoms with E-state index >= 15 is 0 Å². The molecule has 1 saturated heterocycles. The predicted molar refractivity (Wildman–Crippen MR) is 76.3 cm³/mol. The van der Waals surface area contributed by atoms with Gasteiger partial charge in [-0.3, -0.25) is 4.98 Å². The first kappa shape index (κ1) is 12.9. The minimum absolute atomic E-state index is 0.283. The molecule has 1 aromatic carbocycles. The molecule has 1 aliphatic heterocycles. The van der Waals surface area contributed by atoms with Gasteiger partial charge in [-0.05, 0) is 31.2 Å². The number of carbonyl (C=O) groups is 1. The number of rotatable bonds is 2. The molecule has 0 saturated carbocycles. The van der Waals surface area contributed by atoms with E-state index in [1.807, 2.05) is 18.2 Å². The first-order chi connectivity index (χ1) is 9.66. The predicted octanol–water partition coefficient (Wildman–Crippen LogP) is 2.16. The number of anilines is 1. The number of nitrogens with zero attached hydrogens (tertiary/aromatic N) is 2. The number of aromatic nitrogens is 1. The Morgan fingerprint density at radius 2 is 2.30 bits per heavy atom. The van der Waals surface area contributed by atoms with Crippen LogP contribution in [0.1, 0.15) is 17.3 Å². The summed E-state index contributed by atoms with van der Waals surface area (Å²) in [6.45, 7) is 4.30. The Morgan fingerprint density at radius 1 is 1.45 bits per heavy atom. The molecule has 5 nitrogen and oxygen atoms in total. The summed E-state index contributed by atoms with van der Waals surface area (Å²) in [5.74, 6) is -0.926. The Hall–Kier alpha value is -2.14. The van der Waals surface area contributed by atoms with Gasteiger partial charge in [-0.15, -0.1) is 0 Å². The third kappa shape index (κ3) is 2.20. The maximum atomic E-state index is 11.3. The molecule has 0 bridgehead atoms. The van der Waals surface area contributed by atoms with E-state index in [4.69, 9.17) is 4.74 Å². The highest BCUT2D eigenvalue weighted by atomic mass is 16.5. The van der Waals surface area contributed by atoms with Crippen molar-refractivity contribution >= 4 is 22.6 Å². The Bertz CT molecular complexity index is 657. The molecule has 3 rings (SSSR count). The van der Waals surface area contributed by atoms with Crippen molar-refractivity contribution < 1.29 is 14.6 Å². The fourth-order valence-corrected chi connectivity index (χ4v) is 2.61. The van der Waals surface area contributed by atoms with Crippen molar-refractivity contribution in [3.63, 3.8) is 0 Å². The van der Waals surface area contributed by atoms with Crippen LogP contribution in [0, 0.1) is 0 Å². The number of benzene rings is 1. The minimum atomic E-state index is -0.926. The second kappa shape index (κ2) is 5.09. The van der Waals surface area contributed by atoms with Crippen molar-refractivity contribution in [1.82, 2.24) is 4.98 Å². The number of hydrogen-bond donors (Lipinski definition) is 1. The van der Waals surface area contributed by atoms with Gasteiger partial charge < -0.3 is 14.7 Å². The molecule has 0 radical (unpaired) electrons. The van der Waals surface area contributed by atoms with Crippen LogP contribution >= 0.6 is 0 Å². The van der Waals surface area contributed by atoms with Crippen LogP contribution in [0.15, 0.2) is 30.5 Å². The third-order valence-electron chi connectivity index (χ3n) is 3.65. The van der Waals surface area contributed by atoms with Crippen molar-refractivity contribution in [3.8, 4) is 0 Å². The van der Waals surface area contributed by atoms with E-state index in [-0.39, 0.29) is 11.6 Å². The zero-order chi connectivity index (χ0) is 14.1. The van der Waals surface area contributed by atoms with Crippen molar-refractivity contribution in [2.75, 3.05) is 24.7 Å². The smallest absolute Gasteiger partial charge is 0.336 e. The summed E-state index contributed by atoms with van der Waals surface area (Å²) in [5, 5.41) is 9.95. The summed E-state index contributed by atoms with van der Waals surface area (Å²) >= 11 is 0. The molecule has 1 atom stereocenters. The van der Waals surface area contributed by atoms with E-state index in [1.165, 1.54) is 12.3 Å². The van der Waals surface area contributed by atoms with Crippen LogP contribution in [-0.4, -0.2) is 41.9 Å². The van der Waals surface area contributed by atoms with Gasteiger partial charge in [0.2, 0.25) is 0 Å². The van der Waals surface area contributed by atoms with Gasteiger partial charge in [-0.1, -0.05) is 0 Å². The molecule has 1 fully saturated rings. The maximum Gasteiger partial charge on any atom is 0.336 e. The molecule has 0 amide bonds. The first-order valence-corrected chi connectivity index (χ1v) is 6.63. The lowest BCUT2D eigenvalue weighted by Gasteiger charge is -2.35. The van der Waals surface area contributed by atoms with Gasteiger partial charge in [0, 0.05) is 29.9 Å². The van der Waals surface area contributed by atoms with Crippen LogP contribution in [-0.2, 0) is 4.74 Å². The number of aromatic carboxylic acids is 1. The maximum absolute atomic E-state index is 11.3. The van der Waals surface area contributed by atoms with E-state index in [0.717, 1.165) is 12.2 Å². The second-order valence-electron chi connectivity index (χ2n) is 4.98. The normalized spacial score (nSPS) is 19.2. The average Bonchev–Trinajstić information content (AvgIpc) is 2.46. The SMILES string of the molecule is CC1COCCN1c1ccc2nccc(C(=O)O)c2c1. The van der Waals surface area contributed by atoms with Crippen molar-refractivity contribution in [2.24, 2.45) is 0 Å². The fraction of sp³-hybridized carbons (Fsp3) is 0.333. The van der Waals surface area contributed by atoms with Gasteiger partial charge in [-0.2, -0.15) is 0 Å². The highest BCUT2D eigenvalue weighted by molar-refractivity contribution is 6.03. The topological polar surface area (TPSA) is 62.7 Å². The van der Waals surface area contributed by atoms with Crippen molar-refractivity contribution in [3.05, 3.63) is 36.0 Å². The molecule has 1 aromatic heterocycles. The lowest BCUT2D eigenvalue weighted by molar-refractivity contribution is 0.0699. The van der Waals surface area contributed by atoms with E-state index in [2.05, 4.69) is 16.8 Å². The highest BCUT2D eigenvalue weighted by Crippen LogP contribution is 2.26. The molecule has 104 valence electrons. The highest BCUT2D eigenvalue weighted by Gasteiger charge is 2.20. The van der Waals surface area contributed by atoms with Crippen molar-refractivity contribution in [2.45, 2.75) is 13.0 Å². The van der Waals surface area contributed by atoms with E-state index in [9.17, 15) is 9.90 Å². The molecule has 5 heteroatoms. The first-order valence-electron chi connectivity index (χ1n) is 6.63. The van der Waals surface area contributed by atoms with E-state index < -0.39 is 5.97 Å². The summed E-state index contributed by atoms with van der Waals surface area (Å²) in [6, 6.07) is 7.60. The lowest BCUT2D eigenvalue weighted by atomic mass is 10.1. The van der Waals surface area contributed by atoms with Gasteiger partial charge >= 0.3 is 5.97 Å². The van der Waals surface area contributed by atoms with Gasteiger partial charge in [-0.25, -0.2) is 4.79 Å². The van der Waals surface area contributed by atoms with E-state index in [1.54, 1.807) is 0 Å². The minimum Gasteiger partial charge on any atom is -0.478 e. The molecular formula is C15H16N2O3. The van der Waals surface area contributed by atoms with Crippen LogP contribution in [0.2, 0.25) is 0 Å². The lowest BCUT2D eigenvalue weighted by Crippen LogP contribution is -2.43. The van der Waals surface area contributed by atoms with Crippen LogP contribution in [0.5, 0.6) is 0 Å². The number of fused-ring (bicyclic) bond motifs is 1. The molecule has 20 heavy (non-hydrogen) atoms. The quantitative estimate of drug-likeness (QED) is 0.907. The summed E-state index contributed by atoms with van der Waals surface area (Å²) in [4.78, 5) is 17.8. The standard InChI is InChI=1S/C15H16N2O3/c1-10-9-20-7-6-17(10)11-2-3-14-13(8-11)12(15(18)19)4-5-16-14/h2-5,8,10H,6-7,9H2,1H3,(H,18,19). The van der Waals surface area contributed by atoms with E-state index in [0.29, 0.717) is 24.1 Å². The zero-order valence-electron chi connectivity index (χ0n) is 11.2. The fourth-order valence-electron chi connectivity index (χ4n) is 2.61. The number of carboxylic acids is 1. The van der Waals surface area contributed by atoms with Crippen molar-refractivity contribution in [1.29, 1.82) is 0 Å². The number of pyridine rings is 1. The molecule has 1 N–H and O–H groups in total. The molecule has 1 unspecified atom stereocenters. The molecule has 2 heterocycles. The Kier molecular flexibility index (Phi) is 3.28. The number of ether oxygens (including phenoxy) is 1. The van der Waals surface area contributed by atoms with Gasteiger partial charge in [0.25, 0.3) is 0 Å². The molecule has 1 aliphatic rings. The van der Waals surface area contributed by atoms with Crippen LogP contribution in [0.3, 0.4) is 0 Å². The third-order valence-corrected chi connectivity index (χ3v) is 3.65. The van der Waals surface area contributed by atoms with Gasteiger partial charge in [0.05, 0.1) is 24.3 Å². The summed E-state index contributed by atoms with van der Waals surface area (Å²) in [5.41, 5.74) is 2.01. The number of hydrogen-bond acceptors (Lipinski definition) is 4. The number of morpholine rings is 1. The molecule has 0 spiro atoms. The second-order valence-corrected chi connectivity index (χ2v) is 4.98. The molecular weight excluding hydrogens is 256 g/mol. The average molecular weight is 272 g/mol. The van der Waals surface area contributed by atoms with Crippen LogP contribution in [0.25, 0.3) is 10.9 Å². The monoisotopic (exact) mass is 272 g/mol. The summed E-state index contributed by atoms with van der Waals surface area (Å²) < 4.78 is 5.43. The Balaban J connectivity index is 2.09. The Morgan fingerprint density at radius 3 is 3.05 bits per heavy atom. The molecule has 2 aromatic rings. The summed E-state index contributed by atoms with van der Waals surface area (Å²) in [6.07, 6.45) is 1.53. The van der Waals surface area contributed by atoms with Gasteiger partial charge in [0.1, 0.15) is 0 Å². The zero-order valence-corrected chi connectivity index (χ0v) is 11.2. The number of carboxylic acid groups (broad SMARTS) is 1. The molecule has 0 aliphatic carbocycles. The summed E-state index contributed by atoms with van der Waals surface area (Å²) in [7, 11) is 0. The van der Waals surface area contributed by atoms with Crippen LogP contribution in [0.4, 0.5) is 5.69 Å². The van der Waals surface area contributed by atoms with Crippen LogP contribution < -0.4 is 4.90 Å². The largest absolute Gasteiger partial charge is 0.478 e. The Labute approximate surface area is 116 Å².